The van der Waals surface area contributed by atoms with Gasteiger partial charge in [0.2, 0.25) is 0 Å². The second-order valence-corrected chi connectivity index (χ2v) is 5.30. The molecule has 5 nitrogen and oxygen atoms in total. The molecule has 1 heterocycles. The van der Waals surface area contributed by atoms with E-state index < -0.39 is 11.9 Å². The summed E-state index contributed by atoms with van der Waals surface area (Å²) in [6.07, 6.45) is 0.0198. The highest BCUT2D eigenvalue weighted by atomic mass is 35.5. The van der Waals surface area contributed by atoms with Gasteiger partial charge in [-0.2, -0.15) is 0 Å². The summed E-state index contributed by atoms with van der Waals surface area (Å²) in [5, 5.41) is 21.9. The third-order valence-electron chi connectivity index (χ3n) is 3.34. The third kappa shape index (κ3) is 4.11. The van der Waals surface area contributed by atoms with Crippen LogP contribution in [0.15, 0.2) is 36.4 Å². The van der Waals surface area contributed by atoms with Gasteiger partial charge in [0.25, 0.3) is 0 Å². The highest BCUT2D eigenvalue weighted by Gasteiger charge is 2.10. The SMILES string of the molecule is O=C([O-])CCc1ccc(-c2ccc(Cl)cc2)n1CCC(=O)[O-]. The van der Waals surface area contributed by atoms with Crippen LogP contribution in [0.3, 0.4) is 0 Å². The highest BCUT2D eigenvalue weighted by molar-refractivity contribution is 6.30. The average Bonchev–Trinajstić information content (AvgIpc) is 2.86. The predicted octanol–water partition coefficient (Wildman–Crippen LogP) is 0.631. The number of rotatable bonds is 7. The van der Waals surface area contributed by atoms with E-state index in [0.717, 1.165) is 17.0 Å². The zero-order chi connectivity index (χ0) is 16.1. The van der Waals surface area contributed by atoms with Crippen LogP contribution in [-0.2, 0) is 22.6 Å². The fourth-order valence-corrected chi connectivity index (χ4v) is 2.42. The van der Waals surface area contributed by atoms with Gasteiger partial charge in [0, 0.05) is 41.3 Å². The van der Waals surface area contributed by atoms with Crippen molar-refractivity contribution in [1.29, 1.82) is 0 Å². The molecular weight excluding hydrogens is 306 g/mol. The third-order valence-corrected chi connectivity index (χ3v) is 3.59. The molecular formula is C16H14ClNO4-2. The van der Waals surface area contributed by atoms with Crippen molar-refractivity contribution in [2.45, 2.75) is 25.8 Å². The molecule has 0 aliphatic heterocycles. The Morgan fingerprint density at radius 3 is 2.18 bits per heavy atom. The quantitative estimate of drug-likeness (QED) is 0.749. The lowest BCUT2D eigenvalue weighted by Crippen LogP contribution is -2.25. The van der Waals surface area contributed by atoms with Crippen LogP contribution in [0.25, 0.3) is 11.3 Å². The normalized spacial score (nSPS) is 10.6. The van der Waals surface area contributed by atoms with Gasteiger partial charge in [-0.3, -0.25) is 0 Å². The topological polar surface area (TPSA) is 85.2 Å². The monoisotopic (exact) mass is 319 g/mol. The maximum Gasteiger partial charge on any atom is 0.0482 e. The molecule has 0 bridgehead atoms. The second-order valence-electron chi connectivity index (χ2n) is 4.86. The van der Waals surface area contributed by atoms with Crippen molar-refractivity contribution < 1.29 is 19.8 Å². The molecule has 6 heteroatoms. The Balaban J connectivity index is 2.33. The molecule has 116 valence electrons. The van der Waals surface area contributed by atoms with Crippen LogP contribution in [0.1, 0.15) is 18.5 Å². The van der Waals surface area contributed by atoms with E-state index in [-0.39, 0.29) is 25.8 Å². The fourth-order valence-electron chi connectivity index (χ4n) is 2.30. The smallest absolute Gasteiger partial charge is 0.0482 e. The van der Waals surface area contributed by atoms with Crippen LogP contribution in [-0.4, -0.2) is 16.5 Å². The summed E-state index contributed by atoms with van der Waals surface area (Å²) in [7, 11) is 0. The number of benzene rings is 1. The molecule has 0 fully saturated rings. The van der Waals surface area contributed by atoms with E-state index in [2.05, 4.69) is 0 Å². The van der Waals surface area contributed by atoms with Crippen LogP contribution in [0.5, 0.6) is 0 Å². The van der Waals surface area contributed by atoms with E-state index in [1.54, 1.807) is 22.8 Å². The van der Waals surface area contributed by atoms with Crippen molar-refractivity contribution in [1.82, 2.24) is 4.57 Å². The van der Waals surface area contributed by atoms with Gasteiger partial charge in [-0.25, -0.2) is 0 Å². The summed E-state index contributed by atoms with van der Waals surface area (Å²) >= 11 is 5.87. The van der Waals surface area contributed by atoms with Gasteiger partial charge < -0.3 is 24.4 Å². The number of aliphatic carboxylic acids is 2. The maximum absolute atomic E-state index is 10.7. The van der Waals surface area contributed by atoms with E-state index in [1.165, 1.54) is 0 Å². The molecule has 1 aromatic heterocycles. The van der Waals surface area contributed by atoms with Crippen LogP contribution in [0.2, 0.25) is 5.02 Å². The average molecular weight is 320 g/mol. The molecule has 2 rings (SSSR count). The Bertz CT molecular complexity index is 676. The Kier molecular flexibility index (Phi) is 5.22. The molecule has 0 unspecified atom stereocenters. The van der Waals surface area contributed by atoms with E-state index in [4.69, 9.17) is 11.6 Å². The molecule has 0 saturated heterocycles. The number of carbonyl (C=O) groups excluding carboxylic acids is 2. The van der Waals surface area contributed by atoms with Gasteiger partial charge in [-0.1, -0.05) is 23.7 Å². The van der Waals surface area contributed by atoms with E-state index in [1.807, 2.05) is 18.2 Å². The first-order chi connectivity index (χ1) is 10.5. The first-order valence-electron chi connectivity index (χ1n) is 6.81. The number of halogens is 1. The van der Waals surface area contributed by atoms with Gasteiger partial charge in [-0.05, 0) is 42.7 Å². The van der Waals surface area contributed by atoms with E-state index >= 15 is 0 Å². The summed E-state index contributed by atoms with van der Waals surface area (Å²) in [6.45, 7) is 0.218. The molecule has 22 heavy (non-hydrogen) atoms. The number of carboxylic acids is 2. The summed E-state index contributed by atoms with van der Waals surface area (Å²) in [6, 6.07) is 10.8. The number of aromatic nitrogens is 1. The number of hydrogen-bond acceptors (Lipinski definition) is 4. The van der Waals surface area contributed by atoms with Crippen LogP contribution in [0.4, 0.5) is 0 Å². The van der Waals surface area contributed by atoms with E-state index in [9.17, 15) is 19.8 Å². The van der Waals surface area contributed by atoms with Crippen LogP contribution >= 0.6 is 11.6 Å². The summed E-state index contributed by atoms with van der Waals surface area (Å²) in [4.78, 5) is 21.3. The minimum atomic E-state index is -1.15. The minimum absolute atomic E-state index is 0.116. The molecule has 0 N–H and O–H groups in total. The fraction of sp³-hybridized carbons (Fsp3) is 0.250. The first kappa shape index (κ1) is 16.1. The largest absolute Gasteiger partial charge is 0.550 e. The highest BCUT2D eigenvalue weighted by Crippen LogP contribution is 2.25. The van der Waals surface area contributed by atoms with Crippen molar-refractivity contribution in [3.8, 4) is 11.3 Å². The van der Waals surface area contributed by atoms with Crippen molar-refractivity contribution in [2.75, 3.05) is 0 Å². The van der Waals surface area contributed by atoms with Crippen molar-refractivity contribution >= 4 is 23.5 Å². The number of aryl methyl sites for hydroxylation is 1. The van der Waals surface area contributed by atoms with Crippen LogP contribution < -0.4 is 10.2 Å². The maximum atomic E-state index is 10.7. The van der Waals surface area contributed by atoms with Gasteiger partial charge >= 0.3 is 0 Å². The van der Waals surface area contributed by atoms with E-state index in [0.29, 0.717) is 5.02 Å². The molecule has 0 atom stereocenters. The Hall–Kier alpha value is -2.27. The van der Waals surface area contributed by atoms with Gasteiger partial charge in [0.05, 0.1) is 0 Å². The second kappa shape index (κ2) is 7.13. The number of nitrogens with zero attached hydrogens (tertiary/aromatic N) is 1. The molecule has 0 saturated carbocycles. The zero-order valence-corrected chi connectivity index (χ0v) is 12.5. The van der Waals surface area contributed by atoms with Crippen molar-refractivity contribution in [2.24, 2.45) is 0 Å². The predicted molar refractivity (Wildman–Crippen MR) is 77.8 cm³/mol. The Labute approximate surface area is 132 Å². The lowest BCUT2D eigenvalue weighted by atomic mass is 10.1. The van der Waals surface area contributed by atoms with Gasteiger partial charge in [0.1, 0.15) is 0 Å². The Morgan fingerprint density at radius 1 is 0.955 bits per heavy atom. The molecule has 0 aliphatic rings. The summed E-state index contributed by atoms with van der Waals surface area (Å²) in [5.41, 5.74) is 2.43. The standard InChI is InChI=1S/C16H16ClNO4/c17-12-3-1-11(2-4-12)14-7-5-13(6-8-15(19)20)18(14)10-9-16(21)22/h1-5,7H,6,8-10H2,(H,19,20)(H,21,22)/p-2. The molecule has 0 aliphatic carbocycles. The molecule has 2 aromatic rings. The number of carbonyl (C=O) groups is 2. The number of hydrogen-bond donors (Lipinski definition) is 0. The van der Waals surface area contributed by atoms with Gasteiger partial charge in [0.15, 0.2) is 0 Å². The zero-order valence-electron chi connectivity index (χ0n) is 11.8. The molecule has 0 amide bonds. The number of carboxylic acid groups (broad SMARTS) is 2. The molecule has 0 spiro atoms. The minimum Gasteiger partial charge on any atom is -0.550 e. The first-order valence-corrected chi connectivity index (χ1v) is 7.19. The van der Waals surface area contributed by atoms with Crippen LogP contribution in [0, 0.1) is 0 Å². The van der Waals surface area contributed by atoms with Gasteiger partial charge in [-0.15, -0.1) is 0 Å². The lowest BCUT2D eigenvalue weighted by Gasteiger charge is -2.14. The summed E-state index contributed by atoms with van der Waals surface area (Å²) in [5.74, 6) is -2.29. The molecule has 0 radical (unpaired) electrons. The van der Waals surface area contributed by atoms with Crippen molar-refractivity contribution in [3.63, 3.8) is 0 Å². The summed E-state index contributed by atoms with van der Waals surface area (Å²) < 4.78 is 1.79. The molecule has 1 aromatic carbocycles. The lowest BCUT2D eigenvalue weighted by molar-refractivity contribution is -0.307. The van der Waals surface area contributed by atoms with Crippen molar-refractivity contribution in [3.05, 3.63) is 47.1 Å². The Morgan fingerprint density at radius 2 is 1.59 bits per heavy atom.